The minimum absolute atomic E-state index is 0.243. The van der Waals surface area contributed by atoms with Crippen LogP contribution in [0.25, 0.3) is 22.2 Å². The largest absolute Gasteiger partial charge is 0.468 e. The number of esters is 1. The Morgan fingerprint density at radius 1 is 1.03 bits per heavy atom. The molecule has 3 aromatic carbocycles. The van der Waals surface area contributed by atoms with E-state index in [4.69, 9.17) is 9.72 Å². The van der Waals surface area contributed by atoms with Crippen LogP contribution in [0.4, 0.5) is 4.39 Å². The van der Waals surface area contributed by atoms with Gasteiger partial charge in [-0.2, -0.15) is 0 Å². The number of rotatable bonds is 6. The minimum atomic E-state index is -0.575. The Balaban J connectivity index is 1.41. The molecule has 0 aliphatic carbocycles. The molecule has 1 aromatic heterocycles. The van der Waals surface area contributed by atoms with Gasteiger partial charge in [-0.05, 0) is 24.6 Å². The number of carbonyl (C=O) groups excluding carboxylic acids is 2. The van der Waals surface area contributed by atoms with Crippen molar-refractivity contribution >= 4 is 22.8 Å². The number of amides is 1. The fourth-order valence-corrected chi connectivity index (χ4v) is 4.79. The number of carbonyl (C=O) groups is 2. The molecule has 1 aliphatic heterocycles. The lowest BCUT2D eigenvalue weighted by Gasteiger charge is -2.22. The number of aromatic nitrogens is 1. The first-order valence-corrected chi connectivity index (χ1v) is 11.8. The number of pyridine rings is 1. The Kier molecular flexibility index (Phi) is 6.73. The van der Waals surface area contributed by atoms with E-state index in [1.807, 2.05) is 59.5 Å². The predicted octanol–water partition coefficient (Wildman–Crippen LogP) is 4.59. The van der Waals surface area contributed by atoms with Crippen molar-refractivity contribution in [3.63, 3.8) is 0 Å². The quantitative estimate of drug-likeness (QED) is 0.407. The summed E-state index contributed by atoms with van der Waals surface area (Å²) < 4.78 is 19.3. The Morgan fingerprint density at radius 2 is 1.75 bits per heavy atom. The van der Waals surface area contributed by atoms with Gasteiger partial charge in [0, 0.05) is 35.6 Å². The van der Waals surface area contributed by atoms with Crippen LogP contribution in [0, 0.1) is 5.82 Å². The summed E-state index contributed by atoms with van der Waals surface area (Å²) in [6.45, 7) is 0.642. The zero-order valence-corrected chi connectivity index (χ0v) is 19.9. The van der Waals surface area contributed by atoms with Gasteiger partial charge in [0.05, 0.1) is 23.9 Å². The van der Waals surface area contributed by atoms with E-state index in [1.54, 1.807) is 24.3 Å². The molecule has 0 spiro atoms. The minimum Gasteiger partial charge on any atom is -0.468 e. The normalized spacial score (nSPS) is 17.7. The highest BCUT2D eigenvalue weighted by atomic mass is 19.1. The number of likely N-dealkylation sites (tertiary alicyclic amines) is 1. The molecule has 4 aromatic rings. The maximum Gasteiger partial charge on any atom is 0.323 e. The smallest absolute Gasteiger partial charge is 0.323 e. The number of para-hydroxylation sites is 1. The number of nitrogens with one attached hydrogen (secondary N) is 1. The molecule has 1 amide bonds. The summed E-state index contributed by atoms with van der Waals surface area (Å²) in [4.78, 5) is 32.6. The Morgan fingerprint density at radius 3 is 2.53 bits per heavy atom. The van der Waals surface area contributed by atoms with Crippen molar-refractivity contribution in [3.05, 3.63) is 102 Å². The van der Waals surface area contributed by atoms with Gasteiger partial charge in [-0.1, -0.05) is 66.7 Å². The number of methoxy groups -OCH3 is 1. The van der Waals surface area contributed by atoms with Crippen LogP contribution in [0.2, 0.25) is 0 Å². The number of halogens is 1. The van der Waals surface area contributed by atoms with Crippen molar-refractivity contribution in [1.29, 1.82) is 0 Å². The third-order valence-corrected chi connectivity index (χ3v) is 6.57. The molecule has 7 heteroatoms. The maximum absolute atomic E-state index is 14.3. The number of ether oxygens (including phenoxy) is 1. The maximum atomic E-state index is 14.3. The van der Waals surface area contributed by atoms with Gasteiger partial charge in [-0.3, -0.25) is 14.5 Å². The monoisotopic (exact) mass is 483 g/mol. The zero-order valence-electron chi connectivity index (χ0n) is 19.9. The van der Waals surface area contributed by atoms with Gasteiger partial charge in [-0.15, -0.1) is 0 Å². The number of hydrogen-bond acceptors (Lipinski definition) is 5. The third kappa shape index (κ3) is 4.83. The lowest BCUT2D eigenvalue weighted by Crippen LogP contribution is -2.38. The molecule has 2 heterocycles. The summed E-state index contributed by atoms with van der Waals surface area (Å²) in [6.07, 6.45) is 0.376. The van der Waals surface area contributed by atoms with Crippen LogP contribution < -0.4 is 5.32 Å². The van der Waals surface area contributed by atoms with Crippen molar-refractivity contribution in [2.45, 2.75) is 25.0 Å². The molecular weight excluding hydrogens is 457 g/mol. The summed E-state index contributed by atoms with van der Waals surface area (Å²) in [5.74, 6) is -0.971. The van der Waals surface area contributed by atoms with E-state index in [1.165, 1.54) is 13.2 Å². The molecular formula is C29H26FN3O3. The molecule has 0 bridgehead atoms. The van der Waals surface area contributed by atoms with E-state index in [2.05, 4.69) is 5.32 Å². The number of fused-ring (bicyclic) bond motifs is 1. The second-order valence-corrected chi connectivity index (χ2v) is 8.90. The Labute approximate surface area is 208 Å². The Bertz CT molecular complexity index is 1410. The standard InChI is InChI=1S/C29H26FN3O3/c1-36-29(35)27-15-21(18-33(27)17-20-11-5-7-13-24(20)30)31-28(34)23-16-26(19-9-3-2-4-10-19)32-25-14-8-6-12-22(23)25/h2-14,16,21,27H,15,17-18H2,1H3,(H,31,34)/t21-,27+/m1/s1. The molecule has 1 saturated heterocycles. The third-order valence-electron chi connectivity index (χ3n) is 6.57. The van der Waals surface area contributed by atoms with Crippen molar-refractivity contribution in [1.82, 2.24) is 15.2 Å². The number of nitrogens with zero attached hydrogens (tertiary/aromatic N) is 2. The van der Waals surface area contributed by atoms with E-state index < -0.39 is 12.0 Å². The molecule has 5 rings (SSSR count). The SMILES string of the molecule is COC(=O)[C@@H]1C[C@@H](NC(=O)c2cc(-c3ccccc3)nc3ccccc23)CN1Cc1ccccc1F. The lowest BCUT2D eigenvalue weighted by atomic mass is 10.0. The second-order valence-electron chi connectivity index (χ2n) is 8.90. The van der Waals surface area contributed by atoms with E-state index in [0.717, 1.165) is 16.5 Å². The highest BCUT2D eigenvalue weighted by Crippen LogP contribution is 2.27. The molecule has 2 atom stereocenters. The van der Waals surface area contributed by atoms with Crippen molar-refractivity contribution < 1.29 is 18.7 Å². The second kappa shape index (κ2) is 10.3. The fraction of sp³-hybridized carbons (Fsp3) is 0.207. The number of hydrogen-bond donors (Lipinski definition) is 1. The molecule has 6 nitrogen and oxygen atoms in total. The summed E-state index contributed by atoms with van der Waals surface area (Å²) in [6, 6.07) is 24.7. The van der Waals surface area contributed by atoms with Crippen LogP contribution in [-0.4, -0.2) is 47.5 Å². The highest BCUT2D eigenvalue weighted by molar-refractivity contribution is 6.07. The topological polar surface area (TPSA) is 71.5 Å². The zero-order chi connectivity index (χ0) is 25.1. The molecule has 1 fully saturated rings. The van der Waals surface area contributed by atoms with Gasteiger partial charge in [0.1, 0.15) is 11.9 Å². The van der Waals surface area contributed by atoms with Crippen molar-refractivity contribution in [3.8, 4) is 11.3 Å². The molecule has 182 valence electrons. The summed E-state index contributed by atoms with van der Waals surface area (Å²) in [5, 5.41) is 3.85. The van der Waals surface area contributed by atoms with E-state index in [0.29, 0.717) is 29.8 Å². The van der Waals surface area contributed by atoms with Crippen LogP contribution in [0.3, 0.4) is 0 Å². The average molecular weight is 484 g/mol. The Hall–Kier alpha value is -4.10. The van der Waals surface area contributed by atoms with E-state index in [9.17, 15) is 14.0 Å². The van der Waals surface area contributed by atoms with Gasteiger partial charge in [0.25, 0.3) is 5.91 Å². The van der Waals surface area contributed by atoms with Gasteiger partial charge in [0.2, 0.25) is 0 Å². The molecule has 36 heavy (non-hydrogen) atoms. The lowest BCUT2D eigenvalue weighted by molar-refractivity contribution is -0.146. The van der Waals surface area contributed by atoms with Gasteiger partial charge in [0.15, 0.2) is 0 Å². The first-order valence-electron chi connectivity index (χ1n) is 11.8. The molecule has 0 unspecified atom stereocenters. The molecule has 0 saturated carbocycles. The van der Waals surface area contributed by atoms with Crippen molar-refractivity contribution in [2.75, 3.05) is 13.7 Å². The predicted molar refractivity (Wildman–Crippen MR) is 136 cm³/mol. The van der Waals surface area contributed by atoms with E-state index >= 15 is 0 Å². The van der Waals surface area contributed by atoms with Crippen LogP contribution in [0.15, 0.2) is 84.9 Å². The first kappa shape index (κ1) is 23.6. The molecule has 0 radical (unpaired) electrons. The first-order chi connectivity index (χ1) is 17.5. The average Bonchev–Trinajstić information content (AvgIpc) is 3.31. The van der Waals surface area contributed by atoms with Crippen LogP contribution >= 0.6 is 0 Å². The summed E-state index contributed by atoms with van der Waals surface area (Å²) >= 11 is 0. The van der Waals surface area contributed by atoms with E-state index in [-0.39, 0.29) is 24.3 Å². The van der Waals surface area contributed by atoms with Crippen LogP contribution in [0.5, 0.6) is 0 Å². The number of benzene rings is 3. The van der Waals surface area contributed by atoms with Crippen LogP contribution in [0.1, 0.15) is 22.3 Å². The summed E-state index contributed by atoms with van der Waals surface area (Å²) in [5.41, 5.74) is 3.36. The van der Waals surface area contributed by atoms with Crippen molar-refractivity contribution in [2.24, 2.45) is 0 Å². The van der Waals surface area contributed by atoms with Gasteiger partial charge < -0.3 is 10.1 Å². The van der Waals surface area contributed by atoms with Gasteiger partial charge >= 0.3 is 5.97 Å². The fourth-order valence-electron chi connectivity index (χ4n) is 4.79. The molecule has 1 aliphatic rings. The van der Waals surface area contributed by atoms with Crippen LogP contribution in [-0.2, 0) is 16.1 Å². The van der Waals surface area contributed by atoms with Gasteiger partial charge in [-0.25, -0.2) is 9.37 Å². The summed E-state index contributed by atoms with van der Waals surface area (Å²) in [7, 11) is 1.34. The highest BCUT2D eigenvalue weighted by Gasteiger charge is 2.38. The molecule has 1 N–H and O–H groups in total.